The fraction of sp³-hybridized carbons (Fsp3) is 0.833. The second-order valence-corrected chi connectivity index (χ2v) is 5.49. The molecule has 2 aliphatic rings. The predicted octanol–water partition coefficient (Wildman–Crippen LogP) is 1.34. The van der Waals surface area contributed by atoms with Crippen molar-refractivity contribution in [1.29, 1.82) is 0 Å². The van der Waals surface area contributed by atoms with Crippen LogP contribution in [-0.2, 0) is 4.79 Å². The minimum Gasteiger partial charge on any atom is -0.481 e. The summed E-state index contributed by atoms with van der Waals surface area (Å²) >= 11 is 0. The van der Waals surface area contributed by atoms with E-state index >= 15 is 0 Å². The van der Waals surface area contributed by atoms with Crippen molar-refractivity contribution in [1.82, 2.24) is 10.6 Å². The molecule has 3 N–H and O–H groups in total. The number of carbonyl (C=O) groups excluding carboxylic acids is 1. The zero-order valence-corrected chi connectivity index (χ0v) is 10.2. The average molecular weight is 240 g/mol. The SMILES string of the molecule is CC(CC1CC1)NC(=O)NCC1(C(=O)O)CC1. The summed E-state index contributed by atoms with van der Waals surface area (Å²) in [5.74, 6) is -0.0251. The summed E-state index contributed by atoms with van der Waals surface area (Å²) in [7, 11) is 0. The van der Waals surface area contributed by atoms with Crippen molar-refractivity contribution in [3.05, 3.63) is 0 Å². The van der Waals surface area contributed by atoms with E-state index in [0.717, 1.165) is 12.3 Å². The smallest absolute Gasteiger partial charge is 0.315 e. The zero-order chi connectivity index (χ0) is 12.5. The van der Waals surface area contributed by atoms with E-state index in [1.807, 2.05) is 6.92 Å². The molecule has 0 aromatic heterocycles. The zero-order valence-electron chi connectivity index (χ0n) is 10.2. The van der Waals surface area contributed by atoms with Gasteiger partial charge in [0.15, 0.2) is 0 Å². The second-order valence-electron chi connectivity index (χ2n) is 5.49. The highest BCUT2D eigenvalue weighted by Gasteiger charge is 2.50. The Morgan fingerprint density at radius 3 is 2.53 bits per heavy atom. The van der Waals surface area contributed by atoms with Gasteiger partial charge in [-0.25, -0.2) is 4.79 Å². The summed E-state index contributed by atoms with van der Waals surface area (Å²) < 4.78 is 0. The van der Waals surface area contributed by atoms with Crippen LogP contribution in [0.4, 0.5) is 4.79 Å². The molecule has 17 heavy (non-hydrogen) atoms. The third kappa shape index (κ3) is 3.35. The molecule has 0 heterocycles. The highest BCUT2D eigenvalue weighted by Crippen LogP contribution is 2.45. The lowest BCUT2D eigenvalue weighted by Gasteiger charge is -2.16. The van der Waals surface area contributed by atoms with E-state index in [2.05, 4.69) is 10.6 Å². The van der Waals surface area contributed by atoms with Crippen molar-refractivity contribution >= 4 is 12.0 Å². The second kappa shape index (κ2) is 4.55. The first kappa shape index (κ1) is 12.2. The van der Waals surface area contributed by atoms with E-state index in [1.54, 1.807) is 0 Å². The van der Waals surface area contributed by atoms with Crippen molar-refractivity contribution in [3.63, 3.8) is 0 Å². The van der Waals surface area contributed by atoms with Crippen LogP contribution in [0.3, 0.4) is 0 Å². The minimum atomic E-state index is -0.802. The molecule has 1 unspecified atom stereocenters. The number of carboxylic acids is 1. The fourth-order valence-corrected chi connectivity index (χ4v) is 2.05. The maximum absolute atomic E-state index is 11.5. The summed E-state index contributed by atoms with van der Waals surface area (Å²) in [5, 5.41) is 14.5. The first-order valence-electron chi connectivity index (χ1n) is 6.30. The van der Waals surface area contributed by atoms with Crippen molar-refractivity contribution in [3.8, 4) is 0 Å². The van der Waals surface area contributed by atoms with Gasteiger partial charge in [0.05, 0.1) is 5.41 Å². The van der Waals surface area contributed by atoms with Gasteiger partial charge in [0.1, 0.15) is 0 Å². The number of amides is 2. The summed E-state index contributed by atoms with van der Waals surface area (Å²) in [6, 6.07) is -0.0758. The quantitative estimate of drug-likeness (QED) is 0.655. The van der Waals surface area contributed by atoms with Gasteiger partial charge in [-0.1, -0.05) is 12.8 Å². The standard InChI is InChI=1S/C12H20N2O3/c1-8(6-9-2-3-9)14-11(17)13-7-12(4-5-12)10(15)16/h8-9H,2-7H2,1H3,(H,15,16)(H2,13,14,17). The monoisotopic (exact) mass is 240 g/mol. The van der Waals surface area contributed by atoms with E-state index in [1.165, 1.54) is 12.8 Å². The van der Waals surface area contributed by atoms with E-state index in [9.17, 15) is 9.59 Å². The lowest BCUT2D eigenvalue weighted by atomic mass is 10.1. The third-order valence-corrected chi connectivity index (χ3v) is 3.66. The van der Waals surface area contributed by atoms with Gasteiger partial charge < -0.3 is 15.7 Å². The summed E-state index contributed by atoms with van der Waals surface area (Å²) in [4.78, 5) is 22.4. The van der Waals surface area contributed by atoms with Gasteiger partial charge in [0.2, 0.25) is 0 Å². The summed E-state index contributed by atoms with van der Waals surface area (Å²) in [6.07, 6.45) is 4.91. The Bertz CT molecular complexity index is 322. The van der Waals surface area contributed by atoms with Crippen LogP contribution < -0.4 is 10.6 Å². The number of carboxylic acid groups (broad SMARTS) is 1. The number of hydrogen-bond acceptors (Lipinski definition) is 2. The van der Waals surface area contributed by atoms with Gasteiger partial charge in [-0.15, -0.1) is 0 Å². The first-order chi connectivity index (χ1) is 8.02. The van der Waals surface area contributed by atoms with Crippen LogP contribution in [0.2, 0.25) is 0 Å². The molecule has 0 radical (unpaired) electrons. The normalized spacial score (nSPS) is 22.6. The molecule has 0 saturated heterocycles. The van der Waals surface area contributed by atoms with Crippen molar-refractivity contribution in [2.75, 3.05) is 6.54 Å². The molecule has 0 bridgehead atoms. The summed E-state index contributed by atoms with van der Waals surface area (Å²) in [6.45, 7) is 2.23. The maximum Gasteiger partial charge on any atom is 0.315 e. The molecule has 1 atom stereocenters. The van der Waals surface area contributed by atoms with Crippen LogP contribution >= 0.6 is 0 Å². The number of aliphatic carboxylic acids is 1. The average Bonchev–Trinajstić information content (AvgIpc) is 3.09. The number of carbonyl (C=O) groups is 2. The number of urea groups is 1. The first-order valence-corrected chi connectivity index (χ1v) is 6.30. The van der Waals surface area contributed by atoms with Gasteiger partial charge in [-0.3, -0.25) is 4.79 Å². The van der Waals surface area contributed by atoms with Crippen LogP contribution in [0.15, 0.2) is 0 Å². The van der Waals surface area contributed by atoms with E-state index in [-0.39, 0.29) is 18.6 Å². The van der Waals surface area contributed by atoms with E-state index in [4.69, 9.17) is 5.11 Å². The van der Waals surface area contributed by atoms with Crippen LogP contribution in [0.1, 0.15) is 39.0 Å². The van der Waals surface area contributed by atoms with Crippen molar-refractivity contribution < 1.29 is 14.7 Å². The molecule has 5 heteroatoms. The summed E-state index contributed by atoms with van der Waals surface area (Å²) in [5.41, 5.74) is -0.683. The molecule has 0 aromatic carbocycles. The maximum atomic E-state index is 11.5. The van der Waals surface area contributed by atoms with Gasteiger partial charge in [0.25, 0.3) is 0 Å². The molecule has 2 rings (SSSR count). The van der Waals surface area contributed by atoms with E-state index in [0.29, 0.717) is 12.8 Å². The molecule has 2 saturated carbocycles. The lowest BCUT2D eigenvalue weighted by molar-refractivity contribution is -0.143. The molecule has 2 fully saturated rings. The van der Waals surface area contributed by atoms with Gasteiger partial charge in [0, 0.05) is 12.6 Å². The molecule has 2 amide bonds. The van der Waals surface area contributed by atoms with E-state index < -0.39 is 11.4 Å². The number of nitrogens with one attached hydrogen (secondary N) is 2. The molecule has 2 aliphatic carbocycles. The van der Waals surface area contributed by atoms with Crippen LogP contribution in [0.25, 0.3) is 0 Å². The number of hydrogen-bond donors (Lipinski definition) is 3. The molecule has 0 aliphatic heterocycles. The number of rotatable bonds is 6. The Morgan fingerprint density at radius 2 is 2.06 bits per heavy atom. The molecule has 5 nitrogen and oxygen atoms in total. The van der Waals surface area contributed by atoms with Crippen LogP contribution in [-0.4, -0.2) is 29.7 Å². The molecule has 0 aromatic rings. The van der Waals surface area contributed by atoms with Gasteiger partial charge >= 0.3 is 12.0 Å². The van der Waals surface area contributed by atoms with Gasteiger partial charge in [-0.2, -0.15) is 0 Å². The van der Waals surface area contributed by atoms with Crippen LogP contribution in [0.5, 0.6) is 0 Å². The Kier molecular flexibility index (Phi) is 3.26. The Labute approximate surface area is 101 Å². The van der Waals surface area contributed by atoms with Crippen molar-refractivity contribution in [2.24, 2.45) is 11.3 Å². The predicted molar refractivity (Wildman–Crippen MR) is 62.6 cm³/mol. The largest absolute Gasteiger partial charge is 0.481 e. The highest BCUT2D eigenvalue weighted by molar-refractivity contribution is 5.80. The topological polar surface area (TPSA) is 78.4 Å². The molecule has 0 spiro atoms. The Morgan fingerprint density at radius 1 is 1.41 bits per heavy atom. The lowest BCUT2D eigenvalue weighted by Crippen LogP contribution is -2.44. The third-order valence-electron chi connectivity index (χ3n) is 3.66. The molecular formula is C12H20N2O3. The highest BCUT2D eigenvalue weighted by atomic mass is 16.4. The molecule has 96 valence electrons. The molecular weight excluding hydrogens is 220 g/mol. The van der Waals surface area contributed by atoms with Crippen molar-refractivity contribution in [2.45, 2.75) is 45.1 Å². The van der Waals surface area contributed by atoms with Gasteiger partial charge in [-0.05, 0) is 32.1 Å². The minimum absolute atomic E-state index is 0.169. The fourth-order valence-electron chi connectivity index (χ4n) is 2.05. The Hall–Kier alpha value is -1.26. The Balaban J connectivity index is 1.65. The van der Waals surface area contributed by atoms with Crippen LogP contribution in [0, 0.1) is 11.3 Å².